The first-order valence-electron chi connectivity index (χ1n) is 5.19. The molecule has 0 atom stereocenters. The normalized spacial score (nSPS) is 13.8. The Kier molecular flexibility index (Phi) is 10.3. The summed E-state index contributed by atoms with van der Waals surface area (Å²) in [6.45, 7) is 7.86. The minimum atomic E-state index is -1.73. The van der Waals surface area contributed by atoms with E-state index in [1.807, 2.05) is 20.8 Å². The van der Waals surface area contributed by atoms with Crippen molar-refractivity contribution in [2.75, 3.05) is 19.8 Å². The Labute approximate surface area is 83.3 Å². The van der Waals surface area contributed by atoms with E-state index >= 15 is 0 Å². The highest BCUT2D eigenvalue weighted by Crippen LogP contribution is 2.14. The summed E-state index contributed by atoms with van der Waals surface area (Å²) in [7, 11) is -1.73. The largest absolute Gasteiger partial charge is 0.484 e. The van der Waals surface area contributed by atoms with E-state index in [0.717, 1.165) is 0 Å². The van der Waals surface area contributed by atoms with Crippen molar-refractivity contribution in [2.45, 2.75) is 40.0 Å². The SMILES string of the molecule is C1CC1.CCO[SiH](OCC)OCC. The fourth-order valence-electron chi connectivity index (χ4n) is 0.553. The molecule has 1 aliphatic carbocycles. The van der Waals surface area contributed by atoms with Gasteiger partial charge < -0.3 is 13.3 Å². The Hall–Kier alpha value is 0.0969. The average molecular weight is 206 g/mol. The van der Waals surface area contributed by atoms with Gasteiger partial charge in [0, 0.05) is 19.8 Å². The van der Waals surface area contributed by atoms with Gasteiger partial charge in [-0.3, -0.25) is 0 Å². The Morgan fingerprint density at radius 2 is 1.08 bits per heavy atom. The van der Waals surface area contributed by atoms with Gasteiger partial charge in [0.1, 0.15) is 0 Å². The second-order valence-corrected chi connectivity index (χ2v) is 4.29. The van der Waals surface area contributed by atoms with Crippen LogP contribution in [0.3, 0.4) is 0 Å². The van der Waals surface area contributed by atoms with E-state index in [4.69, 9.17) is 13.3 Å². The highest BCUT2D eigenvalue weighted by atomic mass is 28.3. The molecular formula is C9H22O3Si. The fourth-order valence-corrected chi connectivity index (χ4v) is 1.66. The Balaban J connectivity index is 0.000000396. The summed E-state index contributed by atoms with van der Waals surface area (Å²) < 4.78 is 15.7. The predicted molar refractivity (Wildman–Crippen MR) is 55.9 cm³/mol. The molecule has 0 amide bonds. The van der Waals surface area contributed by atoms with Gasteiger partial charge >= 0.3 is 9.53 Å². The maximum absolute atomic E-state index is 5.22. The second kappa shape index (κ2) is 10.2. The van der Waals surface area contributed by atoms with Gasteiger partial charge in [-0.05, 0) is 20.8 Å². The van der Waals surface area contributed by atoms with Gasteiger partial charge in [-0.1, -0.05) is 19.3 Å². The quantitative estimate of drug-likeness (QED) is 0.622. The number of hydrogen-bond acceptors (Lipinski definition) is 3. The zero-order valence-corrected chi connectivity index (χ0v) is 10.2. The first-order valence-corrected chi connectivity index (χ1v) is 6.61. The molecule has 3 nitrogen and oxygen atoms in total. The van der Waals surface area contributed by atoms with Gasteiger partial charge in [0.2, 0.25) is 0 Å². The maximum Gasteiger partial charge on any atom is 0.484 e. The van der Waals surface area contributed by atoms with Crippen LogP contribution in [0.5, 0.6) is 0 Å². The van der Waals surface area contributed by atoms with Crippen molar-refractivity contribution in [1.29, 1.82) is 0 Å². The first kappa shape index (κ1) is 13.1. The smallest absolute Gasteiger partial charge is 0.376 e. The Morgan fingerprint density at radius 1 is 0.769 bits per heavy atom. The summed E-state index contributed by atoms with van der Waals surface area (Å²) in [6, 6.07) is 0. The van der Waals surface area contributed by atoms with Crippen molar-refractivity contribution in [3.63, 3.8) is 0 Å². The van der Waals surface area contributed by atoms with Gasteiger partial charge in [-0.15, -0.1) is 0 Å². The highest BCUT2D eigenvalue weighted by molar-refractivity contribution is 6.36. The van der Waals surface area contributed by atoms with Gasteiger partial charge in [-0.25, -0.2) is 0 Å². The van der Waals surface area contributed by atoms with E-state index in [9.17, 15) is 0 Å². The van der Waals surface area contributed by atoms with Crippen LogP contribution >= 0.6 is 0 Å². The molecule has 0 unspecified atom stereocenters. The molecule has 1 rings (SSSR count). The molecular weight excluding hydrogens is 184 g/mol. The lowest BCUT2D eigenvalue weighted by Crippen LogP contribution is -2.27. The van der Waals surface area contributed by atoms with E-state index in [2.05, 4.69) is 0 Å². The van der Waals surface area contributed by atoms with Gasteiger partial charge in [0.05, 0.1) is 0 Å². The van der Waals surface area contributed by atoms with Crippen molar-refractivity contribution in [3.05, 3.63) is 0 Å². The van der Waals surface area contributed by atoms with Gasteiger partial charge in [0.25, 0.3) is 0 Å². The number of rotatable bonds is 6. The van der Waals surface area contributed by atoms with E-state index in [1.165, 1.54) is 19.3 Å². The van der Waals surface area contributed by atoms with Crippen molar-refractivity contribution in [3.8, 4) is 0 Å². The second-order valence-electron chi connectivity index (χ2n) is 2.72. The van der Waals surface area contributed by atoms with Crippen LogP contribution in [0, 0.1) is 0 Å². The molecule has 4 heteroatoms. The molecule has 1 aliphatic rings. The van der Waals surface area contributed by atoms with Crippen LogP contribution in [-0.2, 0) is 13.3 Å². The predicted octanol–water partition coefficient (Wildman–Crippen LogP) is 1.98. The van der Waals surface area contributed by atoms with Crippen molar-refractivity contribution >= 4 is 9.53 Å². The monoisotopic (exact) mass is 206 g/mol. The van der Waals surface area contributed by atoms with Crippen molar-refractivity contribution < 1.29 is 13.3 Å². The third kappa shape index (κ3) is 12.1. The molecule has 0 N–H and O–H groups in total. The molecule has 0 saturated heterocycles. The summed E-state index contributed by atoms with van der Waals surface area (Å²) >= 11 is 0. The van der Waals surface area contributed by atoms with E-state index in [1.54, 1.807) is 0 Å². The van der Waals surface area contributed by atoms with E-state index in [0.29, 0.717) is 19.8 Å². The number of hydrogen-bond donors (Lipinski definition) is 0. The molecule has 0 aromatic rings. The molecule has 0 bridgehead atoms. The molecule has 0 heterocycles. The van der Waals surface area contributed by atoms with Gasteiger partial charge in [0.15, 0.2) is 0 Å². The summed E-state index contributed by atoms with van der Waals surface area (Å²) in [6.07, 6.45) is 4.50. The molecule has 1 fully saturated rings. The van der Waals surface area contributed by atoms with E-state index < -0.39 is 9.53 Å². The standard InChI is InChI=1S/C6H16O3Si.C3H6/c1-4-7-10(8-5-2)9-6-3;1-2-3-1/h10H,4-6H2,1-3H3;1-3H2. The molecule has 1 saturated carbocycles. The van der Waals surface area contributed by atoms with E-state index in [-0.39, 0.29) is 0 Å². The van der Waals surface area contributed by atoms with Crippen molar-refractivity contribution in [2.24, 2.45) is 0 Å². The van der Waals surface area contributed by atoms with Crippen LogP contribution in [0.15, 0.2) is 0 Å². The van der Waals surface area contributed by atoms with Crippen molar-refractivity contribution in [1.82, 2.24) is 0 Å². The third-order valence-corrected chi connectivity index (χ3v) is 3.08. The lowest BCUT2D eigenvalue weighted by atomic mass is 10.9. The molecule has 0 spiro atoms. The molecule has 80 valence electrons. The zero-order chi connectivity index (χ0) is 9.94. The lowest BCUT2D eigenvalue weighted by molar-refractivity contribution is 0.107. The summed E-state index contributed by atoms with van der Waals surface area (Å²) in [4.78, 5) is 0. The average Bonchev–Trinajstić information content (AvgIpc) is 2.91. The van der Waals surface area contributed by atoms with Gasteiger partial charge in [-0.2, -0.15) is 0 Å². The molecule has 0 aromatic carbocycles. The van der Waals surface area contributed by atoms with Crippen LogP contribution in [0.25, 0.3) is 0 Å². The van der Waals surface area contributed by atoms with Crippen LogP contribution < -0.4 is 0 Å². The topological polar surface area (TPSA) is 27.7 Å². The molecule has 13 heavy (non-hydrogen) atoms. The first-order chi connectivity index (χ1) is 6.35. The molecule has 0 radical (unpaired) electrons. The fraction of sp³-hybridized carbons (Fsp3) is 1.00. The Morgan fingerprint density at radius 3 is 1.23 bits per heavy atom. The highest BCUT2D eigenvalue weighted by Gasteiger charge is 2.11. The maximum atomic E-state index is 5.22. The van der Waals surface area contributed by atoms with Crippen LogP contribution in [-0.4, -0.2) is 29.3 Å². The third-order valence-electron chi connectivity index (χ3n) is 1.26. The molecule has 0 aromatic heterocycles. The zero-order valence-electron chi connectivity index (χ0n) is 9.04. The van der Waals surface area contributed by atoms with Crippen LogP contribution in [0.4, 0.5) is 0 Å². The Bertz CT molecular complexity index is 81.8. The summed E-state index contributed by atoms with van der Waals surface area (Å²) in [5.41, 5.74) is 0. The summed E-state index contributed by atoms with van der Waals surface area (Å²) in [5.74, 6) is 0. The molecule has 0 aliphatic heterocycles. The minimum absolute atomic E-state index is 0.677. The van der Waals surface area contributed by atoms with Crippen LogP contribution in [0.1, 0.15) is 40.0 Å². The summed E-state index contributed by atoms with van der Waals surface area (Å²) in [5, 5.41) is 0. The minimum Gasteiger partial charge on any atom is -0.376 e. The van der Waals surface area contributed by atoms with Crippen LogP contribution in [0.2, 0.25) is 0 Å². The lowest BCUT2D eigenvalue weighted by Gasteiger charge is -2.12.